The molecule has 24 heavy (non-hydrogen) atoms. The van der Waals surface area contributed by atoms with Gasteiger partial charge in [-0.05, 0) is 43.6 Å². The monoisotopic (exact) mass is 356 g/mol. The fourth-order valence-corrected chi connectivity index (χ4v) is 1.73. The number of carbonyl (C=O) groups is 2. The maximum absolute atomic E-state index is 12.4. The molecule has 0 aliphatic carbocycles. The molecule has 1 heterocycles. The molecule has 0 radical (unpaired) electrons. The quantitative estimate of drug-likeness (QED) is 0.476. The second-order valence-corrected chi connectivity index (χ2v) is 4.85. The molecule has 1 aromatic carbocycles. The van der Waals surface area contributed by atoms with E-state index in [0.29, 0.717) is 24.7 Å². The molecule has 0 aliphatic rings. The molecule has 1 aromatic heterocycles. The maximum Gasteiger partial charge on any atom is 0.314 e. The lowest BCUT2D eigenvalue weighted by molar-refractivity contribution is -0.144. The molecule has 2 aromatic rings. The Hall–Kier alpha value is -2.41. The summed E-state index contributed by atoms with van der Waals surface area (Å²) in [5.41, 5.74) is 0.449. The number of carbonyl (C=O) groups excluding carboxylic acids is 2. The topological polar surface area (TPSA) is 69.2 Å². The summed E-state index contributed by atoms with van der Waals surface area (Å²) >= 11 is 5.60. The van der Waals surface area contributed by atoms with Crippen molar-refractivity contribution in [1.82, 2.24) is 9.97 Å². The second-order valence-electron chi connectivity index (χ2n) is 4.51. The van der Waals surface area contributed by atoms with Gasteiger partial charge in [0.15, 0.2) is 6.29 Å². The maximum atomic E-state index is 12.4. The van der Waals surface area contributed by atoms with Crippen molar-refractivity contribution in [3.05, 3.63) is 58.6 Å². The number of hydrogen-bond donors (Lipinski definition) is 0. The van der Waals surface area contributed by atoms with Crippen LogP contribution in [0.2, 0.25) is 5.28 Å². The number of hydrogen-bond acceptors (Lipinski definition) is 5. The highest BCUT2D eigenvalue weighted by atomic mass is 35.5. The van der Waals surface area contributed by atoms with Crippen LogP contribution in [0, 0.1) is 11.6 Å². The molecule has 0 aliphatic heterocycles. The number of ether oxygens (including phenoxy) is 1. The minimum Gasteiger partial charge on any atom is -0.465 e. The number of aldehydes is 1. The summed E-state index contributed by atoms with van der Waals surface area (Å²) in [6.07, 6.45) is 1.86. The first kappa shape index (κ1) is 19.6. The molecule has 5 nitrogen and oxygen atoms in total. The van der Waals surface area contributed by atoms with E-state index in [2.05, 4.69) is 9.97 Å². The van der Waals surface area contributed by atoms with Crippen LogP contribution in [0.25, 0.3) is 0 Å². The Morgan fingerprint density at radius 1 is 1.38 bits per heavy atom. The molecule has 1 atom stereocenters. The molecule has 2 rings (SSSR count). The average Bonchev–Trinajstić information content (AvgIpc) is 2.55. The third-order valence-electron chi connectivity index (χ3n) is 2.82. The second kappa shape index (κ2) is 9.67. The standard InChI is InChI=1S/C9H11ClN2O2.C7H4F2O/c1-3-14-8(13)6(2)7-4-5-11-9(10)12-7;8-6-2-1-5(4-10)7(9)3-6/h4-6H,3H2,1-2H3;1-4H. The van der Waals surface area contributed by atoms with Gasteiger partial charge in [0, 0.05) is 12.3 Å². The highest BCUT2D eigenvalue weighted by Crippen LogP contribution is 2.15. The van der Waals surface area contributed by atoms with Gasteiger partial charge in [0.25, 0.3) is 0 Å². The third-order valence-corrected chi connectivity index (χ3v) is 3.00. The number of halogens is 3. The van der Waals surface area contributed by atoms with Gasteiger partial charge < -0.3 is 4.74 Å². The number of aromatic nitrogens is 2. The van der Waals surface area contributed by atoms with Crippen LogP contribution in [0.15, 0.2) is 30.5 Å². The number of rotatable bonds is 4. The Kier molecular flexibility index (Phi) is 7.91. The van der Waals surface area contributed by atoms with Gasteiger partial charge in [-0.15, -0.1) is 0 Å². The molecule has 0 N–H and O–H groups in total. The molecule has 128 valence electrons. The largest absolute Gasteiger partial charge is 0.465 e. The molecular weight excluding hydrogens is 342 g/mol. The summed E-state index contributed by atoms with van der Waals surface area (Å²) in [4.78, 5) is 29.0. The lowest BCUT2D eigenvalue weighted by Gasteiger charge is -2.09. The summed E-state index contributed by atoms with van der Waals surface area (Å²) in [5, 5.41) is 0.138. The summed E-state index contributed by atoms with van der Waals surface area (Å²) in [6, 6.07) is 4.45. The van der Waals surface area contributed by atoms with Crippen LogP contribution in [0.5, 0.6) is 0 Å². The predicted molar refractivity (Wildman–Crippen MR) is 83.8 cm³/mol. The molecule has 1 unspecified atom stereocenters. The molecule has 8 heteroatoms. The Labute approximate surface area is 142 Å². The van der Waals surface area contributed by atoms with Gasteiger partial charge >= 0.3 is 5.97 Å². The molecule has 0 fully saturated rings. The summed E-state index contributed by atoms with van der Waals surface area (Å²) in [6.45, 7) is 3.84. The molecule has 0 spiro atoms. The van der Waals surface area contributed by atoms with Gasteiger partial charge in [-0.25, -0.2) is 18.7 Å². The van der Waals surface area contributed by atoms with Gasteiger partial charge in [0.2, 0.25) is 5.28 Å². The number of benzene rings is 1. The van der Waals surface area contributed by atoms with E-state index < -0.39 is 17.6 Å². The first-order valence-electron chi connectivity index (χ1n) is 6.94. The van der Waals surface area contributed by atoms with Crippen molar-refractivity contribution in [2.24, 2.45) is 0 Å². The van der Waals surface area contributed by atoms with E-state index in [1.807, 2.05) is 0 Å². The van der Waals surface area contributed by atoms with Crippen LogP contribution in [0.3, 0.4) is 0 Å². The predicted octanol–water partition coefficient (Wildman–Crippen LogP) is 3.57. The van der Waals surface area contributed by atoms with E-state index in [0.717, 1.165) is 12.1 Å². The van der Waals surface area contributed by atoms with E-state index >= 15 is 0 Å². The van der Waals surface area contributed by atoms with Crippen LogP contribution in [-0.4, -0.2) is 28.8 Å². The van der Waals surface area contributed by atoms with Crippen molar-refractivity contribution in [2.75, 3.05) is 6.61 Å². The fraction of sp³-hybridized carbons (Fsp3) is 0.250. The van der Waals surface area contributed by atoms with E-state index in [9.17, 15) is 18.4 Å². The number of nitrogens with zero attached hydrogens (tertiary/aromatic N) is 2. The van der Waals surface area contributed by atoms with Crippen molar-refractivity contribution in [3.8, 4) is 0 Å². The minimum atomic E-state index is -0.824. The minimum absolute atomic E-state index is 0.124. The lowest BCUT2D eigenvalue weighted by Crippen LogP contribution is -2.14. The lowest BCUT2D eigenvalue weighted by atomic mass is 10.1. The zero-order valence-corrected chi connectivity index (χ0v) is 13.8. The van der Waals surface area contributed by atoms with Crippen molar-refractivity contribution in [2.45, 2.75) is 19.8 Å². The first-order chi connectivity index (χ1) is 11.4. The van der Waals surface area contributed by atoms with Crippen molar-refractivity contribution in [3.63, 3.8) is 0 Å². The normalized spacial score (nSPS) is 11.0. The smallest absolute Gasteiger partial charge is 0.314 e. The first-order valence-corrected chi connectivity index (χ1v) is 7.32. The molecular formula is C16H15ClF2N2O3. The Morgan fingerprint density at radius 3 is 2.62 bits per heavy atom. The van der Waals surface area contributed by atoms with Gasteiger partial charge in [-0.1, -0.05) is 0 Å². The SMILES string of the molecule is CCOC(=O)C(C)c1ccnc(Cl)n1.O=Cc1ccc(F)cc1F. The van der Waals surface area contributed by atoms with Gasteiger partial charge in [0.1, 0.15) is 11.6 Å². The third kappa shape index (κ3) is 6.00. The van der Waals surface area contributed by atoms with Crippen LogP contribution >= 0.6 is 11.6 Å². The van der Waals surface area contributed by atoms with E-state index in [1.165, 1.54) is 6.20 Å². The molecule has 0 saturated heterocycles. The summed E-state index contributed by atoms with van der Waals surface area (Å²) in [5.74, 6) is -2.21. The van der Waals surface area contributed by atoms with Crippen LogP contribution < -0.4 is 0 Å². The Bertz CT molecular complexity index is 713. The van der Waals surface area contributed by atoms with Crippen LogP contribution in [0.4, 0.5) is 8.78 Å². The highest BCUT2D eigenvalue weighted by Gasteiger charge is 2.17. The molecule has 0 saturated carbocycles. The van der Waals surface area contributed by atoms with E-state index in [-0.39, 0.29) is 16.8 Å². The van der Waals surface area contributed by atoms with Crippen LogP contribution in [-0.2, 0) is 9.53 Å². The van der Waals surface area contributed by atoms with Crippen molar-refractivity contribution in [1.29, 1.82) is 0 Å². The zero-order chi connectivity index (χ0) is 18.1. The summed E-state index contributed by atoms with van der Waals surface area (Å²) in [7, 11) is 0. The van der Waals surface area contributed by atoms with E-state index in [4.69, 9.17) is 16.3 Å². The average molecular weight is 357 g/mol. The van der Waals surface area contributed by atoms with Crippen LogP contribution in [0.1, 0.15) is 35.8 Å². The van der Waals surface area contributed by atoms with E-state index in [1.54, 1.807) is 19.9 Å². The molecule has 0 bridgehead atoms. The highest BCUT2D eigenvalue weighted by molar-refractivity contribution is 6.28. The van der Waals surface area contributed by atoms with Gasteiger partial charge in [0.05, 0.1) is 23.8 Å². The van der Waals surface area contributed by atoms with Crippen molar-refractivity contribution >= 4 is 23.9 Å². The molecule has 0 amide bonds. The van der Waals surface area contributed by atoms with Gasteiger partial charge in [-0.2, -0.15) is 0 Å². The zero-order valence-electron chi connectivity index (χ0n) is 13.0. The van der Waals surface area contributed by atoms with Gasteiger partial charge in [-0.3, -0.25) is 9.59 Å². The Morgan fingerprint density at radius 2 is 2.08 bits per heavy atom. The fourth-order valence-electron chi connectivity index (χ4n) is 1.57. The Balaban J connectivity index is 0.000000254. The summed E-state index contributed by atoms with van der Waals surface area (Å²) < 4.78 is 29.4. The van der Waals surface area contributed by atoms with Crippen molar-refractivity contribution < 1.29 is 23.1 Å². The number of esters is 1.